The van der Waals surface area contributed by atoms with Crippen LogP contribution < -0.4 is 10.1 Å². The second-order valence-corrected chi connectivity index (χ2v) is 12.6. The van der Waals surface area contributed by atoms with Crippen LogP contribution in [0.25, 0.3) is 11.1 Å². The first-order chi connectivity index (χ1) is 26.2. The molecule has 1 heterocycles. The van der Waals surface area contributed by atoms with Crippen molar-refractivity contribution in [2.24, 2.45) is 0 Å². The normalized spacial score (nSPS) is 19.2. The van der Waals surface area contributed by atoms with Crippen molar-refractivity contribution >= 4 is 23.8 Å². The molecule has 1 N–H and O–H groups in total. The summed E-state index contributed by atoms with van der Waals surface area (Å²) in [6, 6.07) is 35.9. The summed E-state index contributed by atoms with van der Waals surface area (Å²) in [5.74, 6) is -2.61. The van der Waals surface area contributed by atoms with E-state index in [9.17, 15) is 23.6 Å². The monoisotopic (exact) mass is 731 g/mol. The van der Waals surface area contributed by atoms with Crippen molar-refractivity contribution in [1.29, 1.82) is 0 Å². The molecule has 0 spiro atoms. The molecular weight excluding hydrogens is 693 g/mol. The minimum atomic E-state index is -1.47. The van der Waals surface area contributed by atoms with Crippen molar-refractivity contribution in [1.82, 2.24) is 5.32 Å². The highest BCUT2D eigenvalue weighted by molar-refractivity contribution is 5.91. The molecule has 0 bridgehead atoms. The molecule has 0 aliphatic carbocycles. The van der Waals surface area contributed by atoms with Crippen molar-refractivity contribution in [2.75, 3.05) is 6.54 Å². The Morgan fingerprint density at radius 2 is 1.19 bits per heavy atom. The Morgan fingerprint density at radius 1 is 0.648 bits per heavy atom. The van der Waals surface area contributed by atoms with E-state index in [0.29, 0.717) is 24.1 Å². The average molecular weight is 732 g/mol. The van der Waals surface area contributed by atoms with E-state index in [1.807, 2.05) is 0 Å². The third-order valence-corrected chi connectivity index (χ3v) is 8.72. The second-order valence-electron chi connectivity index (χ2n) is 12.6. The molecule has 0 aromatic heterocycles. The number of ether oxygens (including phenoxy) is 5. The summed E-state index contributed by atoms with van der Waals surface area (Å²) >= 11 is 0. The van der Waals surface area contributed by atoms with Crippen molar-refractivity contribution in [2.45, 2.75) is 51.0 Å². The van der Waals surface area contributed by atoms with E-state index in [1.54, 1.807) is 128 Å². The van der Waals surface area contributed by atoms with E-state index in [1.165, 1.54) is 19.1 Å². The van der Waals surface area contributed by atoms with Gasteiger partial charge >= 0.3 is 17.9 Å². The maximum Gasteiger partial charge on any atom is 0.338 e. The fraction of sp³-hybridized carbons (Fsp3) is 0.209. The van der Waals surface area contributed by atoms with Gasteiger partial charge in [-0.3, -0.25) is 4.79 Å². The molecule has 5 atom stereocenters. The number of rotatable bonds is 12. The number of esters is 3. The molecule has 5 aromatic carbocycles. The van der Waals surface area contributed by atoms with Crippen LogP contribution in [0.2, 0.25) is 0 Å². The predicted molar refractivity (Wildman–Crippen MR) is 196 cm³/mol. The molecule has 6 rings (SSSR count). The number of benzene rings is 5. The Bertz CT molecular complexity index is 2080. The minimum Gasteiger partial charge on any atom is -0.461 e. The lowest BCUT2D eigenvalue weighted by molar-refractivity contribution is -0.266. The topological polar surface area (TPSA) is 126 Å². The second kappa shape index (κ2) is 17.5. The molecule has 1 aliphatic heterocycles. The fourth-order valence-corrected chi connectivity index (χ4v) is 6.07. The molecule has 1 fully saturated rings. The van der Waals surface area contributed by atoms with Gasteiger partial charge in [0, 0.05) is 13.5 Å². The zero-order valence-electron chi connectivity index (χ0n) is 29.6. The maximum absolute atomic E-state index is 14.4. The summed E-state index contributed by atoms with van der Waals surface area (Å²) in [7, 11) is 0. The van der Waals surface area contributed by atoms with Crippen LogP contribution in [0, 0.1) is 5.82 Å². The summed E-state index contributed by atoms with van der Waals surface area (Å²) in [6.07, 6.45) is -6.02. The van der Waals surface area contributed by atoms with Crippen LogP contribution in [0.15, 0.2) is 133 Å². The van der Waals surface area contributed by atoms with Crippen molar-refractivity contribution in [3.05, 3.63) is 162 Å². The van der Waals surface area contributed by atoms with Gasteiger partial charge in [0.2, 0.25) is 18.3 Å². The maximum atomic E-state index is 14.4. The van der Waals surface area contributed by atoms with Crippen LogP contribution in [0.1, 0.15) is 50.5 Å². The number of hydrogen-bond donors (Lipinski definition) is 1. The van der Waals surface area contributed by atoms with Gasteiger partial charge in [-0.1, -0.05) is 72.8 Å². The molecule has 1 aliphatic rings. The quantitative estimate of drug-likeness (QED) is 0.107. The number of nitrogens with one attached hydrogen (secondary N) is 1. The largest absolute Gasteiger partial charge is 0.461 e. The van der Waals surface area contributed by atoms with Gasteiger partial charge in [-0.15, -0.1) is 0 Å². The number of hydrogen-bond acceptors (Lipinski definition) is 9. The van der Waals surface area contributed by atoms with Gasteiger partial charge in [0.15, 0.2) is 12.2 Å². The number of carbonyl (C=O) groups excluding carboxylic acids is 4. The van der Waals surface area contributed by atoms with E-state index >= 15 is 0 Å². The Labute approximate surface area is 311 Å². The molecule has 1 amide bonds. The highest BCUT2D eigenvalue weighted by Crippen LogP contribution is 2.34. The van der Waals surface area contributed by atoms with Crippen LogP contribution >= 0.6 is 0 Å². The molecule has 0 radical (unpaired) electrons. The molecule has 5 aromatic rings. The number of amides is 1. The van der Waals surface area contributed by atoms with Gasteiger partial charge in [-0.2, -0.15) is 0 Å². The summed E-state index contributed by atoms with van der Waals surface area (Å²) in [4.78, 5) is 52.3. The van der Waals surface area contributed by atoms with Gasteiger partial charge in [0.05, 0.1) is 22.8 Å². The molecular formula is C43H38FNO9. The molecule has 11 heteroatoms. The zero-order valence-corrected chi connectivity index (χ0v) is 29.6. The van der Waals surface area contributed by atoms with Gasteiger partial charge in [-0.25, -0.2) is 18.8 Å². The molecule has 0 unspecified atom stereocenters. The first-order valence-corrected chi connectivity index (χ1v) is 17.4. The first kappa shape index (κ1) is 37.4. The molecule has 54 heavy (non-hydrogen) atoms. The minimum absolute atomic E-state index is 0.183. The summed E-state index contributed by atoms with van der Waals surface area (Å²) in [6.45, 7) is 3.39. The van der Waals surface area contributed by atoms with Crippen LogP contribution in [0.3, 0.4) is 0 Å². The third-order valence-electron chi connectivity index (χ3n) is 8.72. The van der Waals surface area contributed by atoms with Gasteiger partial charge < -0.3 is 29.0 Å². The Kier molecular flexibility index (Phi) is 12.1. The fourth-order valence-electron chi connectivity index (χ4n) is 6.07. The van der Waals surface area contributed by atoms with Gasteiger partial charge in [0.25, 0.3) is 0 Å². The van der Waals surface area contributed by atoms with Crippen LogP contribution in [0.5, 0.6) is 5.75 Å². The standard InChI is InChI=1S/C43H38FNO9/c1-27-37(52-40(47)30-13-6-3-7-14-30)38(53-41(48)31-15-8-4-9-16-31)39(54-42(49)32-17-10-5-11-18-32)43(50-27)51-35-22-21-29(23-24-45-28(2)46)36(26-35)33-19-12-20-34(44)25-33/h3-22,25-27,37-39,43H,23-24H2,1-2H3,(H,45,46)/t27-,37-,38+,39+,43-/m0/s1. The number of carbonyl (C=O) groups is 4. The molecule has 276 valence electrons. The Morgan fingerprint density at radius 3 is 1.72 bits per heavy atom. The Hall–Kier alpha value is -6.33. The summed E-state index contributed by atoms with van der Waals surface area (Å²) < 4.78 is 45.3. The molecule has 0 saturated carbocycles. The van der Waals surface area contributed by atoms with E-state index < -0.39 is 54.4 Å². The molecule has 1 saturated heterocycles. The van der Waals surface area contributed by atoms with Gasteiger partial charge in [-0.05, 0) is 90.7 Å². The lowest BCUT2D eigenvalue weighted by Gasteiger charge is -2.43. The molecule has 10 nitrogen and oxygen atoms in total. The first-order valence-electron chi connectivity index (χ1n) is 17.4. The summed E-state index contributed by atoms with van der Waals surface area (Å²) in [5, 5.41) is 2.78. The Balaban J connectivity index is 1.39. The highest BCUT2D eigenvalue weighted by Gasteiger charge is 2.52. The van der Waals surface area contributed by atoms with Crippen LogP contribution in [-0.2, 0) is 30.2 Å². The predicted octanol–water partition coefficient (Wildman–Crippen LogP) is 6.97. The average Bonchev–Trinajstić information content (AvgIpc) is 3.18. The highest BCUT2D eigenvalue weighted by atomic mass is 19.1. The zero-order chi connectivity index (χ0) is 38.0. The lowest BCUT2D eigenvalue weighted by atomic mass is 9.96. The van der Waals surface area contributed by atoms with Crippen molar-refractivity contribution < 1.29 is 47.3 Å². The smallest absolute Gasteiger partial charge is 0.338 e. The third kappa shape index (κ3) is 9.36. The van der Waals surface area contributed by atoms with E-state index in [2.05, 4.69) is 5.32 Å². The van der Waals surface area contributed by atoms with Gasteiger partial charge in [0.1, 0.15) is 11.6 Å². The van der Waals surface area contributed by atoms with E-state index in [4.69, 9.17) is 23.7 Å². The van der Waals surface area contributed by atoms with Crippen molar-refractivity contribution in [3.8, 4) is 16.9 Å². The van der Waals surface area contributed by atoms with Crippen LogP contribution in [0.4, 0.5) is 4.39 Å². The van der Waals surface area contributed by atoms with Crippen molar-refractivity contribution in [3.63, 3.8) is 0 Å². The summed E-state index contributed by atoms with van der Waals surface area (Å²) in [5.41, 5.74) is 2.65. The lowest BCUT2D eigenvalue weighted by Crippen LogP contribution is -2.62. The SMILES string of the molecule is CC(=O)NCCc1ccc(O[C@@H]2O[C@@H](C)[C@H](OC(=O)c3ccccc3)[C@@H](OC(=O)c3ccccc3)[C@H]2OC(=O)c2ccccc2)cc1-c1cccc(F)c1. The van der Waals surface area contributed by atoms with Crippen LogP contribution in [-0.4, -0.2) is 61.1 Å². The van der Waals surface area contributed by atoms with E-state index in [-0.39, 0.29) is 28.3 Å². The van der Waals surface area contributed by atoms with E-state index in [0.717, 1.165) is 5.56 Å². The number of halogens is 1.